The lowest BCUT2D eigenvalue weighted by Crippen LogP contribution is -2.51. The highest BCUT2D eigenvalue weighted by atomic mass is 16.5. The van der Waals surface area contributed by atoms with E-state index in [-0.39, 0.29) is 18.1 Å². The molecule has 116 valence electrons. The Balaban J connectivity index is 1.81. The van der Waals surface area contributed by atoms with E-state index in [4.69, 9.17) is 4.74 Å². The van der Waals surface area contributed by atoms with Gasteiger partial charge in [-0.25, -0.2) is 0 Å². The van der Waals surface area contributed by atoms with Gasteiger partial charge < -0.3 is 15.2 Å². The van der Waals surface area contributed by atoms with Crippen molar-refractivity contribution in [1.29, 1.82) is 0 Å². The van der Waals surface area contributed by atoms with Gasteiger partial charge in [-0.05, 0) is 30.7 Å². The van der Waals surface area contributed by atoms with Gasteiger partial charge in [0.1, 0.15) is 11.8 Å². The zero-order chi connectivity index (χ0) is 15.5. The van der Waals surface area contributed by atoms with Crippen LogP contribution >= 0.6 is 0 Å². The van der Waals surface area contributed by atoms with Gasteiger partial charge in [0.2, 0.25) is 0 Å². The molecule has 5 heteroatoms. The van der Waals surface area contributed by atoms with Gasteiger partial charge in [-0.2, -0.15) is 0 Å². The van der Waals surface area contributed by atoms with Crippen LogP contribution < -0.4 is 5.32 Å². The average molecular weight is 300 g/mol. The molecule has 2 aromatic rings. The van der Waals surface area contributed by atoms with Crippen molar-refractivity contribution in [2.45, 2.75) is 37.5 Å². The van der Waals surface area contributed by atoms with E-state index in [9.17, 15) is 9.90 Å². The Hall–Kier alpha value is -1.98. The molecule has 0 saturated heterocycles. The molecular formula is C17H20N2O3. The zero-order valence-electron chi connectivity index (χ0n) is 12.5. The second-order valence-corrected chi connectivity index (χ2v) is 5.66. The lowest BCUT2D eigenvalue weighted by atomic mass is 9.89. The minimum atomic E-state index is -0.683. The Bertz CT molecular complexity index is 669. The molecule has 1 fully saturated rings. The van der Waals surface area contributed by atoms with Crippen molar-refractivity contribution in [3.8, 4) is 0 Å². The Morgan fingerprint density at radius 1 is 1.32 bits per heavy atom. The number of carbonyl (C=O) groups excluding carboxylic acids is 1. The molecule has 5 nitrogen and oxygen atoms in total. The summed E-state index contributed by atoms with van der Waals surface area (Å²) >= 11 is 0. The van der Waals surface area contributed by atoms with Gasteiger partial charge in [0.05, 0.1) is 12.1 Å². The molecule has 1 aromatic carbocycles. The van der Waals surface area contributed by atoms with E-state index in [0.717, 1.165) is 30.0 Å². The fourth-order valence-electron chi connectivity index (χ4n) is 3.09. The van der Waals surface area contributed by atoms with Crippen molar-refractivity contribution >= 4 is 16.7 Å². The summed E-state index contributed by atoms with van der Waals surface area (Å²) in [4.78, 5) is 16.8. The third-order valence-corrected chi connectivity index (χ3v) is 4.30. The number of nitrogens with zero attached hydrogens (tertiary/aromatic N) is 1. The molecule has 0 aliphatic heterocycles. The highest BCUT2D eigenvalue weighted by Gasteiger charge is 2.33. The van der Waals surface area contributed by atoms with Crippen LogP contribution in [0.2, 0.25) is 0 Å². The van der Waals surface area contributed by atoms with Crippen LogP contribution in [0, 0.1) is 0 Å². The van der Waals surface area contributed by atoms with Crippen molar-refractivity contribution in [1.82, 2.24) is 10.3 Å². The first-order chi connectivity index (χ1) is 10.7. The Morgan fingerprint density at radius 2 is 2.14 bits per heavy atom. The number of aromatic nitrogens is 1. The number of nitrogens with one attached hydrogen (secondary N) is 1. The smallest absolute Gasteiger partial charge is 0.270 e. The number of carbonyl (C=O) groups is 1. The first-order valence-electron chi connectivity index (χ1n) is 7.56. The minimum absolute atomic E-state index is 0.223. The average Bonchev–Trinajstić information content (AvgIpc) is 2.56. The molecule has 1 saturated carbocycles. The molecular weight excluding hydrogens is 280 g/mol. The number of ether oxygens (including phenoxy) is 1. The molecule has 0 unspecified atom stereocenters. The van der Waals surface area contributed by atoms with Crippen LogP contribution in [-0.4, -0.2) is 41.4 Å². The molecule has 1 aromatic heterocycles. The number of methoxy groups -OCH3 is 1. The topological polar surface area (TPSA) is 71.5 Å². The first-order valence-corrected chi connectivity index (χ1v) is 7.56. The van der Waals surface area contributed by atoms with Crippen LogP contribution in [0.3, 0.4) is 0 Å². The van der Waals surface area contributed by atoms with Gasteiger partial charge >= 0.3 is 0 Å². The third kappa shape index (κ3) is 2.82. The minimum Gasteiger partial charge on any atom is -0.388 e. The van der Waals surface area contributed by atoms with Gasteiger partial charge in [0.15, 0.2) is 0 Å². The molecule has 1 amide bonds. The van der Waals surface area contributed by atoms with E-state index in [1.165, 1.54) is 0 Å². The molecule has 2 N–H and O–H groups in total. The maximum Gasteiger partial charge on any atom is 0.270 e. The van der Waals surface area contributed by atoms with Gasteiger partial charge in [0, 0.05) is 18.7 Å². The zero-order valence-corrected chi connectivity index (χ0v) is 12.5. The molecule has 3 atom stereocenters. The number of aliphatic hydroxyl groups is 1. The van der Waals surface area contributed by atoms with E-state index in [0.29, 0.717) is 5.69 Å². The lowest BCUT2D eigenvalue weighted by molar-refractivity contribution is -0.0513. The van der Waals surface area contributed by atoms with Crippen LogP contribution in [-0.2, 0) is 4.74 Å². The predicted molar refractivity (Wildman–Crippen MR) is 83.7 cm³/mol. The van der Waals surface area contributed by atoms with Crippen molar-refractivity contribution < 1.29 is 14.6 Å². The van der Waals surface area contributed by atoms with Crippen molar-refractivity contribution in [2.24, 2.45) is 0 Å². The van der Waals surface area contributed by atoms with Crippen LogP contribution in [0.15, 0.2) is 36.5 Å². The second kappa shape index (κ2) is 6.42. The number of benzene rings is 1. The number of aliphatic hydroxyl groups excluding tert-OH is 1. The van der Waals surface area contributed by atoms with E-state index >= 15 is 0 Å². The summed E-state index contributed by atoms with van der Waals surface area (Å²) in [6, 6.07) is 9.22. The third-order valence-electron chi connectivity index (χ3n) is 4.30. The molecule has 1 heterocycles. The fraction of sp³-hybridized carbons (Fsp3) is 0.412. The summed E-state index contributed by atoms with van der Waals surface area (Å²) < 4.78 is 5.27. The highest BCUT2D eigenvalue weighted by molar-refractivity contribution is 6.05. The second-order valence-electron chi connectivity index (χ2n) is 5.66. The van der Waals surface area contributed by atoms with E-state index < -0.39 is 6.10 Å². The quantitative estimate of drug-likeness (QED) is 0.908. The van der Waals surface area contributed by atoms with Gasteiger partial charge in [-0.1, -0.05) is 24.3 Å². The molecule has 0 bridgehead atoms. The maximum absolute atomic E-state index is 12.5. The van der Waals surface area contributed by atoms with E-state index in [1.807, 2.05) is 30.3 Å². The molecule has 1 aliphatic carbocycles. The number of fused-ring (bicyclic) bond motifs is 1. The first kappa shape index (κ1) is 14.9. The molecule has 0 spiro atoms. The Kier molecular flexibility index (Phi) is 4.36. The Labute approximate surface area is 129 Å². The SMILES string of the molecule is CO[C@@H]1CCC[C@@H](NC(=O)c2nccc3ccccc23)[C@H]1O. The monoisotopic (exact) mass is 300 g/mol. The van der Waals surface area contributed by atoms with Crippen molar-refractivity contribution in [3.63, 3.8) is 0 Å². The van der Waals surface area contributed by atoms with Crippen molar-refractivity contribution in [3.05, 3.63) is 42.2 Å². The summed E-state index contributed by atoms with van der Waals surface area (Å²) in [5, 5.41) is 15.0. The summed E-state index contributed by atoms with van der Waals surface area (Å²) in [6.45, 7) is 0. The number of amides is 1. The van der Waals surface area contributed by atoms with E-state index in [2.05, 4.69) is 10.3 Å². The Morgan fingerprint density at radius 3 is 2.95 bits per heavy atom. The summed E-state index contributed by atoms with van der Waals surface area (Å²) in [5.41, 5.74) is 0.393. The molecule has 1 aliphatic rings. The largest absolute Gasteiger partial charge is 0.388 e. The summed E-state index contributed by atoms with van der Waals surface area (Å²) in [6.07, 6.45) is 3.21. The van der Waals surface area contributed by atoms with Crippen molar-refractivity contribution in [2.75, 3.05) is 7.11 Å². The number of hydrogen-bond acceptors (Lipinski definition) is 4. The van der Waals surface area contributed by atoms with Crippen LogP contribution in [0.25, 0.3) is 10.8 Å². The lowest BCUT2D eigenvalue weighted by Gasteiger charge is -2.34. The summed E-state index contributed by atoms with van der Waals surface area (Å²) in [5.74, 6) is -0.252. The number of pyridine rings is 1. The van der Waals surface area contributed by atoms with Gasteiger partial charge in [0.25, 0.3) is 5.91 Å². The summed E-state index contributed by atoms with van der Waals surface area (Å²) in [7, 11) is 1.59. The molecule has 3 rings (SSSR count). The maximum atomic E-state index is 12.5. The predicted octanol–water partition coefficient (Wildman–Crippen LogP) is 1.89. The van der Waals surface area contributed by atoms with Gasteiger partial charge in [-0.3, -0.25) is 9.78 Å². The number of rotatable bonds is 3. The normalized spacial score (nSPS) is 25.1. The van der Waals surface area contributed by atoms with Crippen LogP contribution in [0.5, 0.6) is 0 Å². The van der Waals surface area contributed by atoms with E-state index in [1.54, 1.807) is 13.3 Å². The van der Waals surface area contributed by atoms with Crippen LogP contribution in [0.1, 0.15) is 29.8 Å². The highest BCUT2D eigenvalue weighted by Crippen LogP contribution is 2.22. The molecule has 22 heavy (non-hydrogen) atoms. The number of hydrogen-bond donors (Lipinski definition) is 2. The molecule has 0 radical (unpaired) electrons. The van der Waals surface area contributed by atoms with Gasteiger partial charge in [-0.15, -0.1) is 0 Å². The standard InChI is InChI=1S/C17H20N2O3/c1-22-14-8-4-7-13(16(14)20)19-17(21)15-12-6-3-2-5-11(12)9-10-18-15/h2-3,5-6,9-10,13-14,16,20H,4,7-8H2,1H3,(H,19,21)/t13-,14-,16-/m1/s1. The van der Waals surface area contributed by atoms with Crippen LogP contribution in [0.4, 0.5) is 0 Å². The fourth-order valence-corrected chi connectivity index (χ4v) is 3.09.